The first-order valence-corrected chi connectivity index (χ1v) is 55.6. The highest BCUT2D eigenvalue weighted by atomic mass is 28.4. The average Bonchev–Trinajstić information content (AvgIpc) is 0.807. The second-order valence-corrected chi connectivity index (χ2v) is 43.2. The molecule has 662 valence electrons. The molecule has 0 saturated heterocycles. The molecule has 4 nitrogen and oxygen atoms in total. The van der Waals surface area contributed by atoms with Crippen molar-refractivity contribution in [3.8, 4) is 76.4 Å². The predicted molar refractivity (Wildman–Crippen MR) is 534 cm³/mol. The van der Waals surface area contributed by atoms with Gasteiger partial charge in [-0.3, -0.25) is 0 Å². The van der Waals surface area contributed by atoms with Crippen molar-refractivity contribution < 1.29 is 18.0 Å². The van der Waals surface area contributed by atoms with Crippen LogP contribution in [0.2, 0.25) is 25.7 Å². The zero-order chi connectivity index (χ0) is 87.4. The van der Waals surface area contributed by atoms with Gasteiger partial charge in [0.1, 0.15) is 13.8 Å². The lowest BCUT2D eigenvalue weighted by molar-refractivity contribution is 0.0706. The molecule has 0 unspecified atom stereocenters. The molecule has 0 saturated carbocycles. The number of rotatable bonds is 59. The molecule has 0 heterocycles. The summed E-state index contributed by atoms with van der Waals surface area (Å²) in [7, 11) is -4.02. The van der Waals surface area contributed by atoms with Crippen molar-refractivity contribution >= 4 is 16.9 Å². The first-order chi connectivity index (χ1) is 59.7. The number of ether oxygens (including phenoxy) is 1. The van der Waals surface area contributed by atoms with Gasteiger partial charge in [-0.2, -0.15) is 0 Å². The van der Waals surface area contributed by atoms with Crippen LogP contribution in [0.5, 0.6) is 5.75 Å². The van der Waals surface area contributed by atoms with Crippen LogP contribution in [0.3, 0.4) is 0 Å². The Kier molecular flexibility index (Phi) is 54.1. The van der Waals surface area contributed by atoms with Crippen molar-refractivity contribution in [2.45, 2.75) is 416 Å². The second-order valence-electron chi connectivity index (χ2n) is 35.8. The number of benzene rings is 6. The molecule has 0 spiro atoms. The summed E-state index contributed by atoms with van der Waals surface area (Å²) in [5.74, 6) is 43.0. The SMILES string of the molecule is CCCCCCc1cc(C#Cc2cc(CCCCCC)c(C#Cc3cc(CCCCCC)c(C#Cc4cc(CCCCCC)c(C#Cc5ccc(OCCCCCCCCCCC[Si](OCC)(OCC)OCC)cc5)cc4CCCCCC)cc3CCCCCC)cc2CCCCCC)c(CCCCCC)cc1C#Cc1ccc(C#C[Si](C)(C)C)cc1. The lowest BCUT2D eigenvalue weighted by atomic mass is 9.90. The van der Waals surface area contributed by atoms with E-state index in [0.29, 0.717) is 19.8 Å². The summed E-state index contributed by atoms with van der Waals surface area (Å²) in [6.07, 6.45) is 57.4. The van der Waals surface area contributed by atoms with E-state index < -0.39 is 16.9 Å². The van der Waals surface area contributed by atoms with Gasteiger partial charge in [0.15, 0.2) is 0 Å². The quantitative estimate of drug-likeness (QED) is 0.0217. The molecule has 6 heteroatoms. The fourth-order valence-electron chi connectivity index (χ4n) is 16.4. The number of unbranched alkanes of at least 4 members (excludes halogenated alkanes) is 32. The normalized spacial score (nSPS) is 11.2. The molecule has 122 heavy (non-hydrogen) atoms. The Bertz CT molecular complexity index is 4300. The van der Waals surface area contributed by atoms with E-state index in [1.807, 2.05) is 20.8 Å². The Balaban J connectivity index is 1.39. The Hall–Kier alpha value is -7.21. The maximum atomic E-state index is 6.30. The highest BCUT2D eigenvalue weighted by Crippen LogP contribution is 2.30. The number of hydrogen-bond donors (Lipinski definition) is 0. The fourth-order valence-corrected chi connectivity index (χ4v) is 19.6. The van der Waals surface area contributed by atoms with Crippen molar-refractivity contribution in [3.05, 3.63) is 203 Å². The predicted octanol–water partition coefficient (Wildman–Crippen LogP) is 31.8. The monoisotopic (exact) mass is 1680 g/mol. The van der Waals surface area contributed by atoms with Gasteiger partial charge >= 0.3 is 8.80 Å². The summed E-state index contributed by atoms with van der Waals surface area (Å²) in [5.41, 5.74) is 26.7. The van der Waals surface area contributed by atoms with E-state index in [-0.39, 0.29) is 0 Å². The van der Waals surface area contributed by atoms with Crippen LogP contribution in [0, 0.1) is 70.7 Å². The topological polar surface area (TPSA) is 36.9 Å². The van der Waals surface area contributed by atoms with Crippen LogP contribution in [0.4, 0.5) is 0 Å². The minimum absolute atomic E-state index is 0.646. The smallest absolute Gasteiger partial charge is 0.494 e. The van der Waals surface area contributed by atoms with Gasteiger partial charge in [0.25, 0.3) is 0 Å². The second kappa shape index (κ2) is 63.7. The molecule has 0 fully saturated rings. The molecular formula is C116H166O4Si2. The van der Waals surface area contributed by atoms with Crippen LogP contribution in [-0.4, -0.2) is 43.3 Å². The molecule has 0 bridgehead atoms. The Morgan fingerprint density at radius 1 is 0.221 bits per heavy atom. The lowest BCUT2D eigenvalue weighted by Gasteiger charge is -2.28. The van der Waals surface area contributed by atoms with Gasteiger partial charge in [0.2, 0.25) is 0 Å². The third-order valence-electron chi connectivity index (χ3n) is 23.7. The van der Waals surface area contributed by atoms with Gasteiger partial charge in [-0.05, 0) is 278 Å². The van der Waals surface area contributed by atoms with Gasteiger partial charge in [-0.15, -0.1) is 5.54 Å². The molecule has 0 aliphatic heterocycles. The summed E-state index contributed by atoms with van der Waals surface area (Å²) >= 11 is 0. The maximum absolute atomic E-state index is 6.30. The summed E-state index contributed by atoms with van der Waals surface area (Å²) < 4.78 is 24.5. The first kappa shape index (κ1) is 104. The van der Waals surface area contributed by atoms with E-state index in [0.717, 1.165) is 162 Å². The zero-order valence-corrected chi connectivity index (χ0v) is 82.1. The fraction of sp³-hybridized carbons (Fsp3) is 0.586. The van der Waals surface area contributed by atoms with Gasteiger partial charge in [0, 0.05) is 87.1 Å². The van der Waals surface area contributed by atoms with Gasteiger partial charge in [-0.25, -0.2) is 0 Å². The van der Waals surface area contributed by atoms with Crippen LogP contribution in [-0.2, 0) is 64.6 Å². The number of hydrogen-bond acceptors (Lipinski definition) is 4. The van der Waals surface area contributed by atoms with Crippen molar-refractivity contribution in [3.63, 3.8) is 0 Å². The molecule has 0 atom stereocenters. The van der Waals surface area contributed by atoms with E-state index >= 15 is 0 Å². The summed E-state index contributed by atoms with van der Waals surface area (Å²) in [5, 5.41) is 0. The molecule has 0 radical (unpaired) electrons. The molecule has 0 aromatic heterocycles. The molecular weight excluding hydrogens is 1510 g/mol. The molecule has 6 aromatic carbocycles. The van der Waals surface area contributed by atoms with E-state index in [4.69, 9.17) is 18.0 Å². The summed E-state index contributed by atoms with van der Waals surface area (Å²) in [6.45, 7) is 34.3. The van der Waals surface area contributed by atoms with Gasteiger partial charge in [0.05, 0.1) is 6.61 Å². The van der Waals surface area contributed by atoms with E-state index in [1.54, 1.807) is 0 Å². The van der Waals surface area contributed by atoms with Crippen LogP contribution in [0.25, 0.3) is 0 Å². The highest BCUT2D eigenvalue weighted by Gasteiger charge is 2.39. The van der Waals surface area contributed by atoms with Crippen LogP contribution < -0.4 is 4.74 Å². The average molecular weight is 1680 g/mol. The van der Waals surface area contributed by atoms with Gasteiger partial charge < -0.3 is 18.0 Å². The maximum Gasteiger partial charge on any atom is 0.500 e. The Morgan fingerprint density at radius 3 is 0.656 bits per heavy atom. The van der Waals surface area contributed by atoms with E-state index in [1.165, 1.54) is 277 Å². The Labute approximate surface area is 751 Å². The van der Waals surface area contributed by atoms with Crippen LogP contribution in [0.1, 0.15) is 445 Å². The summed E-state index contributed by atoms with van der Waals surface area (Å²) in [6, 6.07) is 37.8. The third-order valence-corrected chi connectivity index (χ3v) is 27.7. The minimum atomic E-state index is -2.53. The van der Waals surface area contributed by atoms with E-state index in [2.05, 4.69) is 243 Å². The highest BCUT2D eigenvalue weighted by molar-refractivity contribution is 6.83. The number of aryl methyl sites for hydroxylation is 8. The van der Waals surface area contributed by atoms with Crippen molar-refractivity contribution in [2.75, 3.05) is 26.4 Å². The molecule has 0 N–H and O–H groups in total. The van der Waals surface area contributed by atoms with Crippen molar-refractivity contribution in [2.24, 2.45) is 0 Å². The van der Waals surface area contributed by atoms with E-state index in [9.17, 15) is 0 Å². The first-order valence-electron chi connectivity index (χ1n) is 50.2. The summed E-state index contributed by atoms with van der Waals surface area (Å²) in [4.78, 5) is 0. The minimum Gasteiger partial charge on any atom is -0.494 e. The molecule has 0 aliphatic rings. The van der Waals surface area contributed by atoms with Crippen LogP contribution >= 0.6 is 0 Å². The van der Waals surface area contributed by atoms with Gasteiger partial charge in [-0.1, -0.05) is 339 Å². The lowest BCUT2D eigenvalue weighted by Crippen LogP contribution is -2.45. The molecule has 6 rings (SSSR count). The zero-order valence-electron chi connectivity index (χ0n) is 80.1. The molecule has 0 aliphatic carbocycles. The van der Waals surface area contributed by atoms with Crippen LogP contribution in [0.15, 0.2) is 97.1 Å². The third kappa shape index (κ3) is 41.7. The Morgan fingerprint density at radius 2 is 0.426 bits per heavy atom. The molecule has 6 aromatic rings. The standard InChI is InChI=1S/C116H166O4Si2/c1-15-26-34-49-59-100-91-110(102(61-51-36-28-17-3)89-108(100)75-71-97-67-69-99(70-68-97)85-88-121(12,13)14)77-79-112-93-106(65-55-40-32-21-7)114(95-104(112)63-53-38-30-19-5)81-82-115-96-105(64-54-39-31-20-6)113(94-107(115)66-56-41-33-22-8)80-78-111-92-101(60-50-35-27-16-2)109(90-103(111)62-52-37-29-18-4)76-72-98-73-83-116(84-74-98)117-86-57-47-45-43-42-44-46-48-58-87-122(118-23-9,119-24-10)120-25-11/h67-70,73-74,83-84,89-96H,15-66,86-87H2,1-14H3. The molecule has 0 amide bonds. The largest absolute Gasteiger partial charge is 0.500 e. The van der Waals surface area contributed by atoms with Crippen molar-refractivity contribution in [1.29, 1.82) is 0 Å². The van der Waals surface area contributed by atoms with Crippen molar-refractivity contribution in [1.82, 2.24) is 0 Å².